The van der Waals surface area contributed by atoms with Crippen LogP contribution < -0.4 is 10.6 Å². The van der Waals surface area contributed by atoms with E-state index < -0.39 is 11.9 Å². The van der Waals surface area contributed by atoms with Gasteiger partial charge in [-0.1, -0.05) is 30.4 Å². The summed E-state index contributed by atoms with van der Waals surface area (Å²) in [7, 11) is 0. The number of hydrogen-bond acceptors (Lipinski definition) is 5. The lowest BCUT2D eigenvalue weighted by Crippen LogP contribution is -2.39. The Morgan fingerprint density at radius 2 is 1.97 bits per heavy atom. The van der Waals surface area contributed by atoms with Crippen molar-refractivity contribution in [1.82, 2.24) is 10.3 Å². The Morgan fingerprint density at radius 1 is 1.19 bits per heavy atom. The third kappa shape index (κ3) is 5.10. The van der Waals surface area contributed by atoms with Gasteiger partial charge in [0.1, 0.15) is 5.69 Å². The van der Waals surface area contributed by atoms with Crippen LogP contribution in [0.1, 0.15) is 46.6 Å². The van der Waals surface area contributed by atoms with Crippen LogP contribution in [0.15, 0.2) is 41.8 Å². The Balaban J connectivity index is 1.50. The molecule has 2 aromatic heterocycles. The van der Waals surface area contributed by atoms with Crippen LogP contribution in [0.4, 0.5) is 18.9 Å². The van der Waals surface area contributed by atoms with Crippen molar-refractivity contribution in [3.05, 3.63) is 57.9 Å². The molecule has 1 aromatic carbocycles. The second-order valence-corrected chi connectivity index (χ2v) is 9.44. The monoisotopic (exact) mass is 477 g/mol. The predicted octanol–water partition coefficient (Wildman–Crippen LogP) is 6.15. The number of anilines is 1. The number of alkyl halides is 3. The number of thiophene rings is 1. The van der Waals surface area contributed by atoms with Gasteiger partial charge in [-0.25, -0.2) is 4.98 Å². The molecule has 0 unspecified atom stereocenters. The van der Waals surface area contributed by atoms with E-state index in [1.54, 1.807) is 24.3 Å². The SMILES string of the molecule is Cc1csc(C(=O)N[C@H]2CC[C@@H](Nc3cc(C(F)(F)F)nc4ccccc34)CCC2=S)c1. The first-order chi connectivity index (χ1) is 15.2. The molecule has 0 spiro atoms. The average molecular weight is 478 g/mol. The minimum absolute atomic E-state index is 0.0641. The molecule has 1 fully saturated rings. The first-order valence-corrected chi connectivity index (χ1v) is 11.6. The maximum atomic E-state index is 13.4. The molecule has 0 radical (unpaired) electrons. The quantitative estimate of drug-likeness (QED) is 0.350. The van der Waals surface area contributed by atoms with Gasteiger partial charge >= 0.3 is 6.18 Å². The van der Waals surface area contributed by atoms with E-state index in [0.29, 0.717) is 47.2 Å². The van der Waals surface area contributed by atoms with Crippen molar-refractivity contribution >= 4 is 50.9 Å². The van der Waals surface area contributed by atoms with Crippen LogP contribution in [0.5, 0.6) is 0 Å². The maximum Gasteiger partial charge on any atom is 0.433 e. The predicted molar refractivity (Wildman–Crippen MR) is 126 cm³/mol. The highest BCUT2D eigenvalue weighted by Crippen LogP contribution is 2.34. The van der Waals surface area contributed by atoms with Crippen LogP contribution in [-0.2, 0) is 6.18 Å². The number of thiocarbonyl (C=S) groups is 1. The fourth-order valence-electron chi connectivity index (χ4n) is 3.90. The van der Waals surface area contributed by atoms with Gasteiger partial charge in [-0.2, -0.15) is 13.2 Å². The Morgan fingerprint density at radius 3 is 2.69 bits per heavy atom. The Hall–Kier alpha value is -2.52. The van der Waals surface area contributed by atoms with E-state index >= 15 is 0 Å². The van der Waals surface area contributed by atoms with Crippen LogP contribution in [0, 0.1) is 6.92 Å². The molecule has 32 heavy (non-hydrogen) atoms. The molecule has 1 aliphatic rings. The topological polar surface area (TPSA) is 54.0 Å². The number of pyridine rings is 1. The molecule has 4 nitrogen and oxygen atoms in total. The highest BCUT2D eigenvalue weighted by Gasteiger charge is 2.34. The van der Waals surface area contributed by atoms with E-state index in [9.17, 15) is 18.0 Å². The molecule has 1 aliphatic carbocycles. The Labute approximate surface area is 193 Å². The maximum absolute atomic E-state index is 13.4. The van der Waals surface area contributed by atoms with Crippen molar-refractivity contribution in [1.29, 1.82) is 0 Å². The van der Waals surface area contributed by atoms with E-state index in [4.69, 9.17) is 12.2 Å². The zero-order valence-corrected chi connectivity index (χ0v) is 19.0. The van der Waals surface area contributed by atoms with Crippen molar-refractivity contribution in [3.8, 4) is 0 Å². The first kappa shape index (κ1) is 22.7. The summed E-state index contributed by atoms with van der Waals surface area (Å²) in [6.45, 7) is 1.94. The van der Waals surface area contributed by atoms with Gasteiger partial charge in [-0.15, -0.1) is 11.3 Å². The molecule has 2 N–H and O–H groups in total. The Bertz CT molecular complexity index is 1160. The summed E-state index contributed by atoms with van der Waals surface area (Å²) in [6.07, 6.45) is -1.94. The normalized spacial score (nSPS) is 19.6. The van der Waals surface area contributed by atoms with E-state index in [1.807, 2.05) is 18.4 Å². The van der Waals surface area contributed by atoms with Crippen LogP contribution in [0.2, 0.25) is 0 Å². The van der Waals surface area contributed by atoms with Crippen LogP contribution in [0.25, 0.3) is 10.9 Å². The van der Waals surface area contributed by atoms with E-state index in [1.165, 1.54) is 11.3 Å². The fourth-order valence-corrected chi connectivity index (χ4v) is 5.00. The number of rotatable bonds is 4. The van der Waals surface area contributed by atoms with Crippen molar-refractivity contribution < 1.29 is 18.0 Å². The number of halogens is 3. The van der Waals surface area contributed by atoms with Crippen molar-refractivity contribution in [2.75, 3.05) is 5.32 Å². The number of hydrogen-bond donors (Lipinski definition) is 2. The highest BCUT2D eigenvalue weighted by molar-refractivity contribution is 7.80. The lowest BCUT2D eigenvalue weighted by Gasteiger charge is -2.20. The molecule has 4 rings (SSSR count). The number of fused-ring (bicyclic) bond motifs is 1. The summed E-state index contributed by atoms with van der Waals surface area (Å²) in [6, 6.07) is 9.42. The first-order valence-electron chi connectivity index (χ1n) is 10.3. The lowest BCUT2D eigenvalue weighted by molar-refractivity contribution is -0.140. The zero-order valence-electron chi connectivity index (χ0n) is 17.3. The standard InChI is InChI=1S/C23H22F3N3OS2/c1-13-10-20(32-12-13)22(30)29-17-8-6-14(7-9-19(17)31)27-18-11-21(23(24,25)26)28-16-5-3-2-4-15(16)18/h2-5,10-12,14,17H,6-9H2,1H3,(H,27,28)(H,29,30)/t14-,17+/m1/s1. The fraction of sp³-hybridized carbons (Fsp3) is 0.348. The minimum atomic E-state index is -4.53. The van der Waals surface area contributed by atoms with Gasteiger partial charge in [0.05, 0.1) is 16.4 Å². The average Bonchev–Trinajstić information content (AvgIpc) is 3.12. The van der Waals surface area contributed by atoms with Gasteiger partial charge in [-0.05, 0) is 61.7 Å². The second kappa shape index (κ2) is 9.15. The molecule has 2 heterocycles. The van der Waals surface area contributed by atoms with Gasteiger partial charge in [0.15, 0.2) is 0 Å². The van der Waals surface area contributed by atoms with Crippen LogP contribution in [0.3, 0.4) is 0 Å². The molecule has 0 saturated heterocycles. The third-order valence-electron chi connectivity index (χ3n) is 5.56. The van der Waals surface area contributed by atoms with E-state index in [-0.39, 0.29) is 18.0 Å². The number of carbonyl (C=O) groups excluding carboxylic acids is 1. The molecule has 1 amide bonds. The molecule has 2 atom stereocenters. The summed E-state index contributed by atoms with van der Waals surface area (Å²) in [4.78, 5) is 17.7. The van der Waals surface area contributed by atoms with Crippen molar-refractivity contribution in [2.45, 2.75) is 50.9 Å². The van der Waals surface area contributed by atoms with Crippen molar-refractivity contribution in [2.24, 2.45) is 0 Å². The van der Waals surface area contributed by atoms with Gasteiger partial charge < -0.3 is 10.6 Å². The number of aromatic nitrogens is 1. The summed E-state index contributed by atoms with van der Waals surface area (Å²) in [5, 5.41) is 8.89. The molecule has 0 aliphatic heterocycles. The number of amides is 1. The van der Waals surface area contributed by atoms with Gasteiger partial charge in [0.2, 0.25) is 0 Å². The number of nitrogens with zero attached hydrogens (tertiary/aromatic N) is 1. The summed E-state index contributed by atoms with van der Waals surface area (Å²) in [5.74, 6) is -0.142. The molecule has 1 saturated carbocycles. The summed E-state index contributed by atoms with van der Waals surface area (Å²) < 4.78 is 40.1. The molecular formula is C23H22F3N3OS2. The molecule has 0 bridgehead atoms. The van der Waals surface area contributed by atoms with Gasteiger partial charge in [-0.3, -0.25) is 4.79 Å². The highest BCUT2D eigenvalue weighted by atomic mass is 32.1. The lowest BCUT2D eigenvalue weighted by atomic mass is 10.1. The largest absolute Gasteiger partial charge is 0.433 e. The second-order valence-electron chi connectivity index (χ2n) is 8.01. The summed E-state index contributed by atoms with van der Waals surface area (Å²) >= 11 is 6.95. The third-order valence-corrected chi connectivity index (χ3v) is 7.09. The number of para-hydroxylation sites is 1. The van der Waals surface area contributed by atoms with Crippen molar-refractivity contribution in [3.63, 3.8) is 0 Å². The minimum Gasteiger partial charge on any atom is -0.382 e. The summed E-state index contributed by atoms with van der Waals surface area (Å²) in [5.41, 5.74) is 0.829. The molecule has 9 heteroatoms. The Kier molecular flexibility index (Phi) is 6.48. The molecule has 3 aromatic rings. The van der Waals surface area contributed by atoms with Gasteiger partial charge in [0, 0.05) is 22.0 Å². The van der Waals surface area contributed by atoms with Gasteiger partial charge in [0.25, 0.3) is 5.91 Å². The number of nitrogens with one attached hydrogen (secondary N) is 2. The zero-order chi connectivity index (χ0) is 22.9. The van der Waals surface area contributed by atoms with Crippen LogP contribution in [-0.4, -0.2) is 27.8 Å². The smallest absolute Gasteiger partial charge is 0.382 e. The van der Waals surface area contributed by atoms with Crippen LogP contribution >= 0.6 is 23.6 Å². The number of carbonyl (C=O) groups is 1. The molecular weight excluding hydrogens is 455 g/mol. The number of aryl methyl sites for hydroxylation is 1. The van der Waals surface area contributed by atoms with E-state index in [0.717, 1.165) is 16.5 Å². The van der Waals surface area contributed by atoms with E-state index in [2.05, 4.69) is 15.6 Å². The molecule has 168 valence electrons. The number of benzene rings is 1.